The van der Waals surface area contributed by atoms with Gasteiger partial charge in [0.15, 0.2) is 11.7 Å². The van der Waals surface area contributed by atoms with E-state index >= 15 is 0 Å². The van der Waals surface area contributed by atoms with Gasteiger partial charge in [0.2, 0.25) is 0 Å². The van der Waals surface area contributed by atoms with E-state index in [0.29, 0.717) is 23.0 Å². The highest BCUT2D eigenvalue weighted by Gasteiger charge is 2.12. The maximum Gasteiger partial charge on any atom is 0.180 e. The van der Waals surface area contributed by atoms with Crippen molar-refractivity contribution in [1.82, 2.24) is 14.3 Å². The highest BCUT2D eigenvalue weighted by atomic mass is 32.2. The third kappa shape index (κ3) is 13.0. The first-order valence-corrected chi connectivity index (χ1v) is 12.8. The van der Waals surface area contributed by atoms with Gasteiger partial charge in [-0.2, -0.15) is 0 Å². The summed E-state index contributed by atoms with van der Waals surface area (Å²) in [6.07, 6.45) is 8.07. The Kier molecular flexibility index (Phi) is 17.7. The molecule has 1 aromatic carbocycles. The Morgan fingerprint density at radius 3 is 2.33 bits per heavy atom. The van der Waals surface area contributed by atoms with Crippen molar-refractivity contribution in [2.75, 3.05) is 13.1 Å². The monoisotopic (exact) mass is 472 g/mol. The first-order chi connectivity index (χ1) is 16.0. The molecule has 1 aromatic heterocycles. The number of hydrogen-bond donors (Lipinski definition) is 2. The number of imidazole rings is 1. The molecule has 0 spiro atoms. The second kappa shape index (κ2) is 19.1. The van der Waals surface area contributed by atoms with Gasteiger partial charge in [-0.25, -0.2) is 19.3 Å². The van der Waals surface area contributed by atoms with Gasteiger partial charge in [-0.1, -0.05) is 65.3 Å². The number of hydrogen-bond acceptors (Lipinski definition) is 5. The van der Waals surface area contributed by atoms with E-state index in [4.69, 9.17) is 5.73 Å². The summed E-state index contributed by atoms with van der Waals surface area (Å²) < 4.78 is 2.45. The van der Waals surface area contributed by atoms with E-state index in [1.54, 1.807) is 13.3 Å². The largest absolute Gasteiger partial charge is 0.382 e. The van der Waals surface area contributed by atoms with Crippen LogP contribution in [0.15, 0.2) is 57.7 Å². The highest BCUT2D eigenvalue weighted by Crippen LogP contribution is 2.26. The summed E-state index contributed by atoms with van der Waals surface area (Å²) in [5, 5.41) is 0. The number of nitrogens with one attached hydrogen (secondary N) is 1. The van der Waals surface area contributed by atoms with Gasteiger partial charge in [-0.3, -0.25) is 0 Å². The van der Waals surface area contributed by atoms with Gasteiger partial charge in [0.1, 0.15) is 5.69 Å². The lowest BCUT2D eigenvalue weighted by Gasteiger charge is -2.12. The Labute approximate surface area is 206 Å². The quantitative estimate of drug-likeness (QED) is 0.251. The van der Waals surface area contributed by atoms with Gasteiger partial charge in [-0.05, 0) is 57.2 Å². The lowest BCUT2D eigenvalue weighted by Crippen LogP contribution is -2.14. The number of unbranched alkanes of at least 4 members (excludes halogenated alkanes) is 1. The zero-order valence-corrected chi connectivity index (χ0v) is 22.5. The molecule has 0 atom stereocenters. The van der Waals surface area contributed by atoms with E-state index < -0.39 is 0 Å². The lowest BCUT2D eigenvalue weighted by atomic mass is 10.2. The molecule has 3 rings (SSSR count). The molecular formula is C26H44N6S. The Bertz CT molecular complexity index is 818. The van der Waals surface area contributed by atoms with Crippen LogP contribution in [0.25, 0.3) is 0 Å². The smallest absolute Gasteiger partial charge is 0.180 e. The molecule has 0 saturated carbocycles. The minimum atomic E-state index is 0.355. The van der Waals surface area contributed by atoms with Crippen molar-refractivity contribution in [2.45, 2.75) is 79.0 Å². The second-order valence-corrected chi connectivity index (χ2v) is 8.14. The molecule has 2 aromatic rings. The standard InChI is InChI=1S/C11H17N5.C11H15NS.2C2H6/c1-4-5-6-13-11-9(14-7-15-11)10(12)16-8(2)3;1-10-4-6-11(7-5-10)13-12-8-2-3-9-12;2*1-2/h6-7H,2,4-5H2,1,3H3,(H2,12,16)(H,14,15);4-7H,2-3,8-9H2,1H3;2*1-2H3/b13-6-;;;. The number of aryl methyl sites for hydroxylation is 1. The Morgan fingerprint density at radius 1 is 1.18 bits per heavy atom. The summed E-state index contributed by atoms with van der Waals surface area (Å²) in [5.41, 5.74) is 8.41. The summed E-state index contributed by atoms with van der Waals surface area (Å²) in [6, 6.07) is 8.77. The topological polar surface area (TPSA) is 82.7 Å². The van der Waals surface area contributed by atoms with Crippen molar-refractivity contribution in [3.63, 3.8) is 0 Å². The van der Waals surface area contributed by atoms with Crippen LogP contribution in [0.1, 0.15) is 78.5 Å². The Morgan fingerprint density at radius 2 is 1.79 bits per heavy atom. The number of rotatable bonds is 7. The van der Waals surface area contributed by atoms with E-state index in [9.17, 15) is 0 Å². The number of allylic oxidation sites excluding steroid dienone is 1. The molecule has 2 heterocycles. The number of benzene rings is 1. The summed E-state index contributed by atoms with van der Waals surface area (Å²) in [6.45, 7) is 20.2. The molecule has 33 heavy (non-hydrogen) atoms. The van der Waals surface area contributed by atoms with Gasteiger partial charge >= 0.3 is 0 Å². The molecule has 0 unspecified atom stereocenters. The first kappa shape index (κ1) is 30.6. The van der Waals surface area contributed by atoms with Gasteiger partial charge in [-0.15, -0.1) is 0 Å². The number of nitrogens with zero attached hydrogens (tertiary/aromatic N) is 4. The Hall–Kier alpha value is -2.38. The maximum absolute atomic E-state index is 5.79. The number of H-pyrrole nitrogens is 1. The van der Waals surface area contributed by atoms with Crippen LogP contribution < -0.4 is 5.73 Å². The third-order valence-corrected chi connectivity index (χ3v) is 5.24. The van der Waals surface area contributed by atoms with Crippen LogP contribution in [0.2, 0.25) is 0 Å². The predicted molar refractivity (Wildman–Crippen MR) is 148 cm³/mol. The third-order valence-electron chi connectivity index (χ3n) is 4.14. The van der Waals surface area contributed by atoms with Crippen LogP contribution in [-0.4, -0.2) is 39.4 Å². The van der Waals surface area contributed by atoms with Crippen LogP contribution in [0.3, 0.4) is 0 Å². The molecular weight excluding hydrogens is 428 g/mol. The van der Waals surface area contributed by atoms with Crippen molar-refractivity contribution in [2.24, 2.45) is 15.7 Å². The van der Waals surface area contributed by atoms with Crippen molar-refractivity contribution < 1.29 is 0 Å². The Balaban J connectivity index is 0.000000546. The van der Waals surface area contributed by atoms with Gasteiger partial charge in [0.25, 0.3) is 0 Å². The SMILES string of the molecule is C=C(C)N=C(N)c1[nH]cnc1/N=C\CCC.CC.CC.Cc1ccc(SN2CCCC2)cc1. The van der Waals surface area contributed by atoms with Crippen molar-refractivity contribution in [3.05, 3.63) is 54.1 Å². The van der Waals surface area contributed by atoms with Crippen LogP contribution >= 0.6 is 11.9 Å². The summed E-state index contributed by atoms with van der Waals surface area (Å²) in [5.74, 6) is 0.921. The zero-order valence-electron chi connectivity index (χ0n) is 21.7. The number of aromatic amines is 1. The average Bonchev–Trinajstić information content (AvgIpc) is 3.51. The minimum Gasteiger partial charge on any atom is -0.382 e. The fourth-order valence-electron chi connectivity index (χ4n) is 2.64. The van der Waals surface area contributed by atoms with E-state index in [-0.39, 0.29) is 0 Å². The molecule has 3 N–H and O–H groups in total. The fourth-order valence-corrected chi connectivity index (χ4v) is 3.64. The molecule has 6 nitrogen and oxygen atoms in total. The van der Waals surface area contributed by atoms with Crippen molar-refractivity contribution in [3.8, 4) is 0 Å². The highest BCUT2D eigenvalue weighted by molar-refractivity contribution is 7.97. The molecule has 1 fully saturated rings. The molecule has 0 amide bonds. The number of amidine groups is 1. The number of aliphatic imine (C=N–C) groups is 2. The predicted octanol–water partition coefficient (Wildman–Crippen LogP) is 7.30. The first-order valence-electron chi connectivity index (χ1n) is 12.0. The van der Waals surface area contributed by atoms with Crippen LogP contribution in [0.5, 0.6) is 0 Å². The van der Waals surface area contributed by atoms with E-state index in [0.717, 1.165) is 12.8 Å². The fraction of sp³-hybridized carbons (Fsp3) is 0.500. The summed E-state index contributed by atoms with van der Waals surface area (Å²) >= 11 is 1.89. The van der Waals surface area contributed by atoms with E-state index in [1.165, 1.54) is 36.4 Å². The number of nitrogens with two attached hydrogens (primary N) is 1. The minimum absolute atomic E-state index is 0.355. The molecule has 1 aliphatic rings. The van der Waals surface area contributed by atoms with Crippen molar-refractivity contribution in [1.29, 1.82) is 0 Å². The maximum atomic E-state index is 5.79. The summed E-state index contributed by atoms with van der Waals surface area (Å²) in [4.78, 5) is 16.6. The molecule has 184 valence electrons. The normalized spacial score (nSPS) is 13.4. The van der Waals surface area contributed by atoms with Gasteiger partial charge in [0.05, 0.1) is 6.33 Å². The van der Waals surface area contributed by atoms with Gasteiger partial charge in [0, 0.05) is 29.9 Å². The molecule has 0 aliphatic carbocycles. The summed E-state index contributed by atoms with van der Waals surface area (Å²) in [7, 11) is 0. The van der Waals surface area contributed by atoms with Crippen LogP contribution in [-0.2, 0) is 0 Å². The molecule has 0 bridgehead atoms. The van der Waals surface area contributed by atoms with E-state index in [2.05, 4.69) is 68.9 Å². The molecule has 1 aliphatic heterocycles. The molecule has 7 heteroatoms. The van der Waals surface area contributed by atoms with E-state index in [1.807, 2.05) is 45.9 Å². The van der Waals surface area contributed by atoms with Crippen LogP contribution in [0.4, 0.5) is 5.82 Å². The molecule has 1 saturated heterocycles. The van der Waals surface area contributed by atoms with Crippen LogP contribution in [0, 0.1) is 6.92 Å². The average molecular weight is 473 g/mol. The zero-order chi connectivity index (χ0) is 25.1. The molecule has 0 radical (unpaired) electrons. The second-order valence-electron chi connectivity index (χ2n) is 6.97. The van der Waals surface area contributed by atoms with Gasteiger partial charge < -0.3 is 10.7 Å². The number of aromatic nitrogens is 2. The lowest BCUT2D eigenvalue weighted by molar-refractivity contribution is 0.586. The van der Waals surface area contributed by atoms with Crippen molar-refractivity contribution >= 4 is 29.8 Å².